The molecule has 9 heteroatoms. The number of aliphatic hydroxyl groups is 1. The first-order valence-corrected chi connectivity index (χ1v) is 11.1. The summed E-state index contributed by atoms with van der Waals surface area (Å²) < 4.78 is 8.99. The molecule has 0 atom stereocenters. The van der Waals surface area contributed by atoms with Gasteiger partial charge in [-0.25, -0.2) is 9.78 Å². The number of aryl methyl sites for hydroxylation is 1. The van der Waals surface area contributed by atoms with Crippen molar-refractivity contribution in [3.05, 3.63) is 39.4 Å². The topological polar surface area (TPSA) is 94.2 Å². The van der Waals surface area contributed by atoms with E-state index in [1.165, 1.54) is 0 Å². The molecule has 2 N–H and O–H groups in total. The molecule has 31 heavy (non-hydrogen) atoms. The Kier molecular flexibility index (Phi) is 4.14. The second-order valence-corrected chi connectivity index (χ2v) is 9.70. The number of hydrogen-bond donors (Lipinski definition) is 2. The number of aromatic nitrogens is 4. The van der Waals surface area contributed by atoms with Crippen molar-refractivity contribution in [1.29, 1.82) is 0 Å². The first kappa shape index (κ1) is 19.1. The van der Waals surface area contributed by atoms with Gasteiger partial charge in [0.05, 0.1) is 23.5 Å². The molecule has 0 unspecified atom stereocenters. The molecule has 6 rings (SSSR count). The van der Waals surface area contributed by atoms with E-state index in [-0.39, 0.29) is 18.3 Å². The van der Waals surface area contributed by atoms with E-state index in [0.29, 0.717) is 40.1 Å². The molecule has 2 fully saturated rings. The normalized spacial score (nSPS) is 26.4. The smallest absolute Gasteiger partial charge is 0.330 e. The SMILES string of the molecule is Cn1c(=O)n(C2CC3(CC(CO)C3)C2)c2nc(Nc3cc4c(cc3Cl)OCC4)ncc21. The van der Waals surface area contributed by atoms with E-state index in [1.807, 2.05) is 16.7 Å². The Labute approximate surface area is 183 Å². The Bertz CT molecular complexity index is 1250. The summed E-state index contributed by atoms with van der Waals surface area (Å²) in [6.07, 6.45) is 6.58. The molecule has 1 aromatic carbocycles. The lowest BCUT2D eigenvalue weighted by Gasteiger charge is -2.57. The number of fused-ring (bicyclic) bond motifs is 2. The fraction of sp³-hybridized carbons (Fsp3) is 0.500. The summed E-state index contributed by atoms with van der Waals surface area (Å²) in [5.41, 5.74) is 3.42. The van der Waals surface area contributed by atoms with Gasteiger partial charge in [0, 0.05) is 32.2 Å². The van der Waals surface area contributed by atoms with Crippen molar-refractivity contribution < 1.29 is 9.84 Å². The maximum absolute atomic E-state index is 13.0. The van der Waals surface area contributed by atoms with Crippen LogP contribution in [-0.4, -0.2) is 37.4 Å². The summed E-state index contributed by atoms with van der Waals surface area (Å²) in [7, 11) is 1.76. The van der Waals surface area contributed by atoms with Crippen LogP contribution in [0.5, 0.6) is 5.75 Å². The van der Waals surface area contributed by atoms with Gasteiger partial charge in [-0.1, -0.05) is 11.6 Å². The van der Waals surface area contributed by atoms with E-state index >= 15 is 0 Å². The highest BCUT2D eigenvalue weighted by atomic mass is 35.5. The molecule has 2 saturated carbocycles. The lowest BCUT2D eigenvalue weighted by atomic mass is 9.50. The number of aliphatic hydroxyl groups excluding tert-OH is 1. The average molecular weight is 442 g/mol. The van der Waals surface area contributed by atoms with E-state index < -0.39 is 0 Å². The third-order valence-electron chi connectivity index (χ3n) is 7.26. The standard InChI is InChI=1S/C22H24ClN5O3/c1-27-17-10-24-20(25-16-4-13-2-3-31-18(13)5-15(16)23)26-19(17)28(21(27)30)14-8-22(9-14)6-12(7-22)11-29/h4-5,10,12,14,29H,2-3,6-9,11H2,1H3,(H,24,25,26). The zero-order valence-electron chi connectivity index (χ0n) is 17.3. The third kappa shape index (κ3) is 2.88. The zero-order valence-corrected chi connectivity index (χ0v) is 18.0. The van der Waals surface area contributed by atoms with Crippen LogP contribution in [0.4, 0.5) is 11.6 Å². The molecule has 1 aliphatic heterocycles. The summed E-state index contributed by atoms with van der Waals surface area (Å²) in [6.45, 7) is 0.927. The predicted molar refractivity (Wildman–Crippen MR) is 117 cm³/mol. The number of anilines is 2. The molecule has 0 amide bonds. The number of benzene rings is 1. The van der Waals surface area contributed by atoms with Crippen molar-refractivity contribution in [2.75, 3.05) is 18.5 Å². The van der Waals surface area contributed by atoms with Crippen molar-refractivity contribution in [3.8, 4) is 5.75 Å². The molecular weight excluding hydrogens is 418 g/mol. The second kappa shape index (κ2) is 6.71. The number of imidazole rings is 1. The van der Waals surface area contributed by atoms with Crippen molar-refractivity contribution >= 4 is 34.4 Å². The fourth-order valence-electron chi connectivity index (χ4n) is 5.69. The van der Waals surface area contributed by atoms with Crippen LogP contribution < -0.4 is 15.7 Å². The van der Waals surface area contributed by atoms with E-state index in [2.05, 4.69) is 10.3 Å². The van der Waals surface area contributed by atoms with Crippen LogP contribution >= 0.6 is 11.6 Å². The molecule has 3 heterocycles. The monoisotopic (exact) mass is 441 g/mol. The van der Waals surface area contributed by atoms with Crippen molar-refractivity contribution in [2.24, 2.45) is 18.4 Å². The van der Waals surface area contributed by atoms with Gasteiger partial charge in [0.25, 0.3) is 0 Å². The maximum atomic E-state index is 13.0. The number of hydrogen-bond acceptors (Lipinski definition) is 6. The summed E-state index contributed by atoms with van der Waals surface area (Å²) in [6, 6.07) is 3.93. The first-order valence-electron chi connectivity index (χ1n) is 10.7. The number of ether oxygens (including phenoxy) is 1. The van der Waals surface area contributed by atoms with E-state index in [9.17, 15) is 9.90 Å². The Morgan fingerprint density at radius 3 is 2.90 bits per heavy atom. The van der Waals surface area contributed by atoms with Crippen molar-refractivity contribution in [2.45, 2.75) is 38.1 Å². The lowest BCUT2D eigenvalue weighted by molar-refractivity contribution is -0.0773. The molecule has 162 valence electrons. The van der Waals surface area contributed by atoms with Gasteiger partial charge in [-0.2, -0.15) is 4.98 Å². The fourth-order valence-corrected chi connectivity index (χ4v) is 5.89. The molecular formula is C22H24ClN5O3. The molecule has 8 nitrogen and oxygen atoms in total. The van der Waals surface area contributed by atoms with Crippen LogP contribution in [0.25, 0.3) is 11.2 Å². The maximum Gasteiger partial charge on any atom is 0.330 e. The Hall–Kier alpha value is -2.58. The second-order valence-electron chi connectivity index (χ2n) is 9.30. The Morgan fingerprint density at radius 1 is 1.32 bits per heavy atom. The Balaban J connectivity index is 1.32. The minimum Gasteiger partial charge on any atom is -0.493 e. The molecule has 1 spiro atoms. The van der Waals surface area contributed by atoms with Gasteiger partial charge in [-0.3, -0.25) is 9.13 Å². The van der Waals surface area contributed by atoms with E-state index in [1.54, 1.807) is 17.8 Å². The third-order valence-corrected chi connectivity index (χ3v) is 7.57. The van der Waals surface area contributed by atoms with Gasteiger partial charge < -0.3 is 15.2 Å². The molecule has 0 saturated heterocycles. The van der Waals surface area contributed by atoms with Crippen LogP contribution in [0.2, 0.25) is 5.02 Å². The van der Waals surface area contributed by atoms with Gasteiger partial charge in [0.2, 0.25) is 5.95 Å². The first-order chi connectivity index (χ1) is 15.0. The summed E-state index contributed by atoms with van der Waals surface area (Å²) >= 11 is 6.42. The zero-order chi connectivity index (χ0) is 21.3. The summed E-state index contributed by atoms with van der Waals surface area (Å²) in [5.74, 6) is 1.65. The van der Waals surface area contributed by atoms with Crippen LogP contribution in [-0.2, 0) is 13.5 Å². The lowest BCUT2D eigenvalue weighted by Crippen LogP contribution is -2.50. The molecule has 3 aliphatic rings. The number of rotatable bonds is 4. The molecule has 0 radical (unpaired) electrons. The van der Waals surface area contributed by atoms with E-state index in [0.717, 1.165) is 49.1 Å². The van der Waals surface area contributed by atoms with Gasteiger partial charge in [0.15, 0.2) is 5.65 Å². The van der Waals surface area contributed by atoms with Crippen molar-refractivity contribution in [1.82, 2.24) is 19.1 Å². The van der Waals surface area contributed by atoms with Crippen LogP contribution in [0, 0.1) is 11.3 Å². The Morgan fingerprint density at radius 2 is 2.13 bits per heavy atom. The minimum absolute atomic E-state index is 0.0629. The van der Waals surface area contributed by atoms with Crippen molar-refractivity contribution in [3.63, 3.8) is 0 Å². The summed E-state index contributed by atoms with van der Waals surface area (Å²) in [5, 5.41) is 13.1. The molecule has 2 aliphatic carbocycles. The molecule has 2 aromatic heterocycles. The number of nitrogens with zero attached hydrogens (tertiary/aromatic N) is 4. The van der Waals surface area contributed by atoms with Gasteiger partial charge in [-0.15, -0.1) is 0 Å². The number of halogens is 1. The largest absolute Gasteiger partial charge is 0.493 e. The van der Waals surface area contributed by atoms with Gasteiger partial charge in [-0.05, 0) is 48.6 Å². The van der Waals surface area contributed by atoms with Gasteiger partial charge in [0.1, 0.15) is 11.3 Å². The summed E-state index contributed by atoms with van der Waals surface area (Å²) in [4.78, 5) is 22.1. The molecule has 0 bridgehead atoms. The van der Waals surface area contributed by atoms with Crippen LogP contribution in [0.3, 0.4) is 0 Å². The highest BCUT2D eigenvalue weighted by Gasteiger charge is 2.53. The van der Waals surface area contributed by atoms with Crippen LogP contribution in [0.15, 0.2) is 23.1 Å². The minimum atomic E-state index is -0.0629. The number of nitrogens with one attached hydrogen (secondary N) is 1. The predicted octanol–water partition coefficient (Wildman–Crippen LogP) is 3.19. The molecule has 3 aromatic rings. The van der Waals surface area contributed by atoms with Gasteiger partial charge >= 0.3 is 5.69 Å². The van der Waals surface area contributed by atoms with E-state index in [4.69, 9.17) is 21.3 Å². The highest BCUT2D eigenvalue weighted by Crippen LogP contribution is 2.62. The highest BCUT2D eigenvalue weighted by molar-refractivity contribution is 6.33. The quantitative estimate of drug-likeness (QED) is 0.645. The van der Waals surface area contributed by atoms with Crippen LogP contribution in [0.1, 0.15) is 37.3 Å². The average Bonchev–Trinajstić information content (AvgIpc) is 3.23.